The van der Waals surface area contributed by atoms with Crippen LogP contribution >= 0.6 is 15.9 Å². The van der Waals surface area contributed by atoms with Gasteiger partial charge in [0.05, 0.1) is 0 Å². The Morgan fingerprint density at radius 3 is 2.35 bits per heavy atom. The van der Waals surface area contributed by atoms with Crippen LogP contribution in [0.4, 0.5) is 0 Å². The molecule has 0 aliphatic heterocycles. The van der Waals surface area contributed by atoms with Crippen LogP contribution in [0, 0.1) is 0 Å². The van der Waals surface area contributed by atoms with E-state index < -0.39 is 0 Å². The highest BCUT2D eigenvalue weighted by molar-refractivity contribution is 9.10. The molecule has 1 aromatic carbocycles. The zero-order valence-corrected chi connectivity index (χ0v) is 11.6. The third-order valence-corrected chi connectivity index (χ3v) is 3.40. The van der Waals surface area contributed by atoms with Crippen LogP contribution in [-0.4, -0.2) is 10.2 Å². The molecule has 17 heavy (non-hydrogen) atoms. The molecule has 90 valence electrons. The van der Waals surface area contributed by atoms with E-state index >= 15 is 0 Å². The summed E-state index contributed by atoms with van der Waals surface area (Å²) in [6.07, 6.45) is 2.05. The molecule has 3 nitrogen and oxygen atoms in total. The molecule has 0 fully saturated rings. The predicted octanol–water partition coefficient (Wildman–Crippen LogP) is 4.40. The van der Waals surface area contributed by atoms with Gasteiger partial charge in [-0.15, -0.1) is 10.2 Å². The lowest BCUT2D eigenvalue weighted by atomic mass is 10.0. The monoisotopic (exact) mass is 294 g/mol. The normalized spacial score (nSPS) is 11.1. The minimum atomic E-state index is 0.367. The standard InChI is InChI=1S/C13H15BrN2O/c1-3-9(4-2)12-15-16-13(17-12)10-5-7-11(14)8-6-10/h5-9H,3-4H2,1-2H3. The molecule has 0 aliphatic rings. The Hall–Kier alpha value is -1.16. The summed E-state index contributed by atoms with van der Waals surface area (Å²) in [6, 6.07) is 7.87. The number of halogens is 1. The first-order valence-corrected chi connectivity index (χ1v) is 6.63. The van der Waals surface area contributed by atoms with E-state index in [0.717, 1.165) is 28.8 Å². The Morgan fingerprint density at radius 2 is 1.76 bits per heavy atom. The molecule has 0 aliphatic carbocycles. The molecule has 0 saturated heterocycles. The summed E-state index contributed by atoms with van der Waals surface area (Å²) in [5, 5.41) is 8.23. The molecular formula is C13H15BrN2O. The summed E-state index contributed by atoms with van der Waals surface area (Å²) in [7, 11) is 0. The van der Waals surface area contributed by atoms with Crippen LogP contribution in [0.3, 0.4) is 0 Å². The maximum absolute atomic E-state index is 5.72. The quantitative estimate of drug-likeness (QED) is 0.839. The zero-order valence-electron chi connectivity index (χ0n) is 9.98. The predicted molar refractivity (Wildman–Crippen MR) is 70.8 cm³/mol. The van der Waals surface area contributed by atoms with Gasteiger partial charge in [-0.05, 0) is 37.1 Å². The van der Waals surface area contributed by atoms with E-state index in [1.165, 1.54) is 0 Å². The Morgan fingerprint density at radius 1 is 1.12 bits per heavy atom. The molecule has 0 saturated carbocycles. The van der Waals surface area contributed by atoms with Crippen LogP contribution in [0.1, 0.15) is 38.5 Å². The summed E-state index contributed by atoms with van der Waals surface area (Å²) in [4.78, 5) is 0. The van der Waals surface area contributed by atoms with Gasteiger partial charge in [0.25, 0.3) is 0 Å². The van der Waals surface area contributed by atoms with E-state index in [9.17, 15) is 0 Å². The van der Waals surface area contributed by atoms with E-state index in [1.54, 1.807) is 0 Å². The van der Waals surface area contributed by atoms with Gasteiger partial charge < -0.3 is 4.42 Å². The van der Waals surface area contributed by atoms with Gasteiger partial charge in [0.1, 0.15) is 0 Å². The fourth-order valence-electron chi connectivity index (χ4n) is 1.75. The van der Waals surface area contributed by atoms with Gasteiger partial charge in [-0.3, -0.25) is 0 Å². The van der Waals surface area contributed by atoms with Crippen LogP contribution in [-0.2, 0) is 0 Å². The maximum Gasteiger partial charge on any atom is 0.247 e. The molecule has 0 N–H and O–H groups in total. The van der Waals surface area contributed by atoms with Crippen LogP contribution in [0.25, 0.3) is 11.5 Å². The highest BCUT2D eigenvalue weighted by Gasteiger charge is 2.15. The van der Waals surface area contributed by atoms with E-state index in [2.05, 4.69) is 40.0 Å². The number of nitrogens with zero attached hydrogens (tertiary/aromatic N) is 2. The average Bonchev–Trinajstić information content (AvgIpc) is 2.81. The second-order valence-electron chi connectivity index (χ2n) is 3.97. The largest absolute Gasteiger partial charge is 0.420 e. The van der Waals surface area contributed by atoms with Gasteiger partial charge in [-0.1, -0.05) is 29.8 Å². The SMILES string of the molecule is CCC(CC)c1nnc(-c2ccc(Br)cc2)o1. The lowest BCUT2D eigenvalue weighted by molar-refractivity contribution is 0.439. The number of aromatic nitrogens is 2. The first kappa shape index (κ1) is 12.3. The topological polar surface area (TPSA) is 38.9 Å². The van der Waals surface area contributed by atoms with Gasteiger partial charge in [-0.2, -0.15) is 0 Å². The molecule has 2 aromatic rings. The molecule has 0 radical (unpaired) electrons. The van der Waals surface area contributed by atoms with E-state index in [1.807, 2.05) is 24.3 Å². The molecule has 1 aromatic heterocycles. The minimum Gasteiger partial charge on any atom is -0.420 e. The lowest BCUT2D eigenvalue weighted by Gasteiger charge is -2.04. The second kappa shape index (κ2) is 5.45. The van der Waals surface area contributed by atoms with Crippen molar-refractivity contribution in [2.45, 2.75) is 32.6 Å². The van der Waals surface area contributed by atoms with Crippen molar-refractivity contribution < 1.29 is 4.42 Å². The minimum absolute atomic E-state index is 0.367. The van der Waals surface area contributed by atoms with Gasteiger partial charge >= 0.3 is 0 Å². The highest BCUT2D eigenvalue weighted by Crippen LogP contribution is 2.26. The van der Waals surface area contributed by atoms with E-state index in [-0.39, 0.29) is 0 Å². The molecule has 1 heterocycles. The van der Waals surface area contributed by atoms with E-state index in [4.69, 9.17) is 4.42 Å². The maximum atomic E-state index is 5.72. The number of hydrogen-bond acceptors (Lipinski definition) is 3. The molecule has 0 amide bonds. The smallest absolute Gasteiger partial charge is 0.247 e. The van der Waals surface area contributed by atoms with Crippen molar-refractivity contribution in [3.05, 3.63) is 34.6 Å². The fourth-order valence-corrected chi connectivity index (χ4v) is 2.01. The number of benzene rings is 1. The summed E-state index contributed by atoms with van der Waals surface area (Å²) in [6.45, 7) is 4.27. The first-order chi connectivity index (χ1) is 8.24. The van der Waals surface area contributed by atoms with Crippen molar-refractivity contribution in [1.29, 1.82) is 0 Å². The molecule has 0 unspecified atom stereocenters. The van der Waals surface area contributed by atoms with Crippen molar-refractivity contribution in [2.75, 3.05) is 0 Å². The summed E-state index contributed by atoms with van der Waals surface area (Å²) < 4.78 is 6.76. The van der Waals surface area contributed by atoms with Crippen molar-refractivity contribution in [3.63, 3.8) is 0 Å². The summed E-state index contributed by atoms with van der Waals surface area (Å²) in [5.41, 5.74) is 0.956. The zero-order chi connectivity index (χ0) is 12.3. The number of rotatable bonds is 4. The Bertz CT molecular complexity index is 474. The first-order valence-electron chi connectivity index (χ1n) is 5.84. The van der Waals surface area contributed by atoms with Gasteiger partial charge in [0.15, 0.2) is 0 Å². The second-order valence-corrected chi connectivity index (χ2v) is 4.88. The molecule has 0 spiro atoms. The third-order valence-electron chi connectivity index (χ3n) is 2.87. The van der Waals surface area contributed by atoms with Crippen molar-refractivity contribution >= 4 is 15.9 Å². The van der Waals surface area contributed by atoms with Gasteiger partial charge in [-0.25, -0.2) is 0 Å². The summed E-state index contributed by atoms with van der Waals surface area (Å²) >= 11 is 3.40. The lowest BCUT2D eigenvalue weighted by Crippen LogP contribution is -1.95. The molecule has 0 atom stereocenters. The average molecular weight is 295 g/mol. The third kappa shape index (κ3) is 2.75. The molecule has 2 rings (SSSR count). The van der Waals surface area contributed by atoms with Crippen LogP contribution < -0.4 is 0 Å². The van der Waals surface area contributed by atoms with Gasteiger partial charge in [0.2, 0.25) is 11.8 Å². The fraction of sp³-hybridized carbons (Fsp3) is 0.385. The van der Waals surface area contributed by atoms with Gasteiger partial charge in [0, 0.05) is 16.0 Å². The van der Waals surface area contributed by atoms with Crippen LogP contribution in [0.5, 0.6) is 0 Å². The Balaban J connectivity index is 2.26. The highest BCUT2D eigenvalue weighted by atomic mass is 79.9. The van der Waals surface area contributed by atoms with Crippen molar-refractivity contribution in [2.24, 2.45) is 0 Å². The van der Waals surface area contributed by atoms with E-state index in [0.29, 0.717) is 11.8 Å². The van der Waals surface area contributed by atoms with Crippen LogP contribution in [0.15, 0.2) is 33.2 Å². The van der Waals surface area contributed by atoms with Crippen molar-refractivity contribution in [1.82, 2.24) is 10.2 Å². The Kier molecular flexibility index (Phi) is 3.94. The Labute approximate surface area is 109 Å². The molecular weight excluding hydrogens is 280 g/mol. The molecule has 0 bridgehead atoms. The molecule has 4 heteroatoms. The van der Waals surface area contributed by atoms with Crippen molar-refractivity contribution in [3.8, 4) is 11.5 Å². The van der Waals surface area contributed by atoms with Crippen LogP contribution in [0.2, 0.25) is 0 Å². The summed E-state index contributed by atoms with van der Waals surface area (Å²) in [5.74, 6) is 1.71. The number of hydrogen-bond donors (Lipinski definition) is 0.